The normalized spacial score (nSPS) is 17.6. The van der Waals surface area contributed by atoms with Gasteiger partial charge in [0.25, 0.3) is 5.91 Å². The summed E-state index contributed by atoms with van der Waals surface area (Å²) in [5, 5.41) is 9.52. The highest BCUT2D eigenvalue weighted by atomic mass is 19.1. The van der Waals surface area contributed by atoms with Gasteiger partial charge in [0.1, 0.15) is 5.82 Å². The van der Waals surface area contributed by atoms with Crippen molar-refractivity contribution in [3.8, 4) is 5.75 Å². The molecule has 0 aliphatic carbocycles. The molecule has 7 heteroatoms. The Labute approximate surface area is 169 Å². The predicted molar refractivity (Wildman–Crippen MR) is 107 cm³/mol. The van der Waals surface area contributed by atoms with E-state index in [0.29, 0.717) is 25.3 Å². The number of nitrogens with zero attached hydrogens (tertiary/aromatic N) is 3. The van der Waals surface area contributed by atoms with Crippen LogP contribution in [-0.2, 0) is 0 Å². The first-order valence-corrected chi connectivity index (χ1v) is 10.0. The topological polar surface area (TPSA) is 73.7 Å². The molecule has 0 bridgehead atoms. The number of benzene rings is 1. The smallest absolute Gasteiger partial charge is 0.253 e. The highest BCUT2D eigenvalue weighted by Gasteiger charge is 2.26. The Bertz CT molecular complexity index is 902. The fraction of sp³-hybridized carbons (Fsp3) is 0.409. The number of carbonyl (C=O) groups is 2. The van der Waals surface area contributed by atoms with E-state index < -0.39 is 11.6 Å². The average Bonchev–Trinajstić information content (AvgIpc) is 3.30. The second-order valence-electron chi connectivity index (χ2n) is 7.72. The van der Waals surface area contributed by atoms with Gasteiger partial charge in [0.2, 0.25) is 0 Å². The largest absolute Gasteiger partial charge is 0.504 e. The van der Waals surface area contributed by atoms with Crippen LogP contribution in [0.4, 0.5) is 10.2 Å². The Morgan fingerprint density at radius 3 is 2.48 bits per heavy atom. The second kappa shape index (κ2) is 8.19. The standard InChI is InChI=1S/C22H24FN3O3/c23-19-12-17(11-18(14-27)21(19)28)22(29)26-9-5-15(6-10-26)16-3-4-20(24-13-16)25-7-1-2-8-25/h3-4,11-15,28H,1-2,5-10H2. The van der Waals surface area contributed by atoms with Crippen LogP contribution >= 0.6 is 0 Å². The SMILES string of the molecule is O=Cc1cc(C(=O)N2CCC(c3ccc(N4CCCC4)nc3)CC2)cc(F)c1O. The molecule has 1 N–H and O–H groups in total. The summed E-state index contributed by atoms with van der Waals surface area (Å²) in [6.07, 6.45) is 6.33. The maximum atomic E-state index is 13.8. The Kier molecular flexibility index (Phi) is 5.47. The summed E-state index contributed by atoms with van der Waals surface area (Å²) in [5.74, 6) is -0.648. The molecule has 2 aliphatic rings. The number of hydrogen-bond acceptors (Lipinski definition) is 5. The van der Waals surface area contributed by atoms with Crippen LogP contribution in [0.2, 0.25) is 0 Å². The Morgan fingerprint density at radius 1 is 1.14 bits per heavy atom. The summed E-state index contributed by atoms with van der Waals surface area (Å²) < 4.78 is 13.8. The summed E-state index contributed by atoms with van der Waals surface area (Å²) in [7, 11) is 0. The summed E-state index contributed by atoms with van der Waals surface area (Å²) >= 11 is 0. The molecule has 0 spiro atoms. The Morgan fingerprint density at radius 2 is 1.86 bits per heavy atom. The monoisotopic (exact) mass is 397 g/mol. The minimum absolute atomic E-state index is 0.0810. The molecule has 4 rings (SSSR count). The van der Waals surface area contributed by atoms with Crippen molar-refractivity contribution < 1.29 is 19.1 Å². The van der Waals surface area contributed by atoms with Gasteiger partial charge in [-0.15, -0.1) is 0 Å². The molecule has 29 heavy (non-hydrogen) atoms. The average molecular weight is 397 g/mol. The quantitative estimate of drug-likeness (QED) is 0.801. The molecule has 0 radical (unpaired) electrons. The molecule has 3 heterocycles. The van der Waals surface area contributed by atoms with E-state index in [1.165, 1.54) is 24.5 Å². The van der Waals surface area contributed by atoms with E-state index in [4.69, 9.17) is 0 Å². The third-order valence-corrected chi connectivity index (χ3v) is 5.92. The number of aldehydes is 1. The van der Waals surface area contributed by atoms with Crippen LogP contribution < -0.4 is 4.90 Å². The van der Waals surface area contributed by atoms with E-state index in [0.717, 1.165) is 37.8 Å². The molecule has 1 aromatic carbocycles. The Balaban J connectivity index is 1.39. The molecule has 0 unspecified atom stereocenters. The van der Waals surface area contributed by atoms with Crippen LogP contribution in [0.1, 0.15) is 57.9 Å². The number of pyridine rings is 1. The highest BCUT2D eigenvalue weighted by Crippen LogP contribution is 2.30. The van der Waals surface area contributed by atoms with Crippen molar-refractivity contribution in [3.63, 3.8) is 0 Å². The number of carbonyl (C=O) groups excluding carboxylic acids is 2. The molecule has 0 atom stereocenters. The second-order valence-corrected chi connectivity index (χ2v) is 7.72. The van der Waals surface area contributed by atoms with Gasteiger partial charge in [-0.3, -0.25) is 9.59 Å². The first kappa shape index (κ1) is 19.4. The Hall–Kier alpha value is -2.96. The fourth-order valence-electron chi connectivity index (χ4n) is 4.20. The van der Waals surface area contributed by atoms with Crippen molar-refractivity contribution in [2.24, 2.45) is 0 Å². The highest BCUT2D eigenvalue weighted by molar-refractivity contribution is 5.96. The van der Waals surface area contributed by atoms with Gasteiger partial charge in [0, 0.05) is 37.9 Å². The van der Waals surface area contributed by atoms with Crippen LogP contribution in [0.15, 0.2) is 30.5 Å². The number of piperidine rings is 1. The van der Waals surface area contributed by atoms with Crippen molar-refractivity contribution >= 4 is 18.0 Å². The molecule has 2 fully saturated rings. The molecule has 1 aromatic heterocycles. The lowest BCUT2D eigenvalue weighted by molar-refractivity contribution is 0.0712. The van der Waals surface area contributed by atoms with E-state index in [-0.39, 0.29) is 17.0 Å². The number of halogens is 1. The number of anilines is 1. The van der Waals surface area contributed by atoms with Crippen LogP contribution in [0, 0.1) is 5.82 Å². The van der Waals surface area contributed by atoms with Gasteiger partial charge < -0.3 is 14.9 Å². The molecule has 2 saturated heterocycles. The van der Waals surface area contributed by atoms with Gasteiger partial charge >= 0.3 is 0 Å². The van der Waals surface area contributed by atoms with Crippen molar-refractivity contribution in [2.75, 3.05) is 31.1 Å². The van der Waals surface area contributed by atoms with Crippen LogP contribution in [0.3, 0.4) is 0 Å². The van der Waals surface area contributed by atoms with Crippen molar-refractivity contribution in [1.29, 1.82) is 0 Å². The van der Waals surface area contributed by atoms with Gasteiger partial charge in [-0.1, -0.05) is 6.07 Å². The fourth-order valence-corrected chi connectivity index (χ4v) is 4.20. The van der Waals surface area contributed by atoms with Crippen LogP contribution in [0.5, 0.6) is 5.75 Å². The molecular weight excluding hydrogens is 373 g/mol. The van der Waals surface area contributed by atoms with E-state index in [1.807, 2.05) is 6.20 Å². The molecule has 152 valence electrons. The molecule has 6 nitrogen and oxygen atoms in total. The van der Waals surface area contributed by atoms with Crippen molar-refractivity contribution in [1.82, 2.24) is 9.88 Å². The number of hydrogen-bond donors (Lipinski definition) is 1. The van der Waals surface area contributed by atoms with Crippen LogP contribution in [0.25, 0.3) is 0 Å². The van der Waals surface area contributed by atoms with Crippen molar-refractivity contribution in [3.05, 3.63) is 53.0 Å². The number of phenolic OH excluding ortho intramolecular Hbond substituents is 1. The minimum Gasteiger partial charge on any atom is -0.504 e. The summed E-state index contributed by atoms with van der Waals surface area (Å²) in [4.78, 5) is 32.3. The summed E-state index contributed by atoms with van der Waals surface area (Å²) in [6, 6.07) is 6.44. The van der Waals surface area contributed by atoms with Crippen molar-refractivity contribution in [2.45, 2.75) is 31.6 Å². The first-order valence-electron chi connectivity index (χ1n) is 10.0. The molecule has 2 aliphatic heterocycles. The van der Waals surface area contributed by atoms with Gasteiger partial charge in [-0.2, -0.15) is 0 Å². The molecular formula is C22H24FN3O3. The van der Waals surface area contributed by atoms with E-state index in [9.17, 15) is 19.1 Å². The minimum atomic E-state index is -0.961. The third-order valence-electron chi connectivity index (χ3n) is 5.92. The van der Waals surface area contributed by atoms with E-state index in [2.05, 4.69) is 22.0 Å². The lowest BCUT2D eigenvalue weighted by atomic mass is 9.90. The number of rotatable bonds is 4. The maximum Gasteiger partial charge on any atom is 0.253 e. The zero-order chi connectivity index (χ0) is 20.4. The summed E-state index contributed by atoms with van der Waals surface area (Å²) in [6.45, 7) is 3.24. The van der Waals surface area contributed by atoms with Gasteiger partial charge in [0.05, 0.1) is 5.56 Å². The van der Waals surface area contributed by atoms with Gasteiger partial charge in [-0.05, 0) is 55.4 Å². The molecule has 0 saturated carbocycles. The lowest BCUT2D eigenvalue weighted by Crippen LogP contribution is -2.38. The predicted octanol–water partition coefficient (Wildman–Crippen LogP) is 3.36. The molecule has 1 amide bonds. The van der Waals surface area contributed by atoms with E-state index in [1.54, 1.807) is 4.90 Å². The number of aromatic nitrogens is 1. The number of aromatic hydroxyl groups is 1. The molecule has 2 aromatic rings. The third kappa shape index (κ3) is 3.95. The summed E-state index contributed by atoms with van der Waals surface area (Å²) in [5.41, 5.74) is 1.05. The zero-order valence-electron chi connectivity index (χ0n) is 16.2. The zero-order valence-corrected chi connectivity index (χ0v) is 16.2. The maximum absolute atomic E-state index is 13.8. The first-order chi connectivity index (χ1) is 14.1. The van der Waals surface area contributed by atoms with Gasteiger partial charge in [-0.25, -0.2) is 9.37 Å². The van der Waals surface area contributed by atoms with Crippen LogP contribution in [-0.4, -0.2) is 53.4 Å². The number of phenols is 1. The van der Waals surface area contributed by atoms with Gasteiger partial charge in [0.15, 0.2) is 17.9 Å². The van der Waals surface area contributed by atoms with E-state index >= 15 is 0 Å². The number of likely N-dealkylation sites (tertiary alicyclic amines) is 1. The number of amides is 1. The lowest BCUT2D eigenvalue weighted by Gasteiger charge is -2.32.